The molecule has 0 aliphatic carbocycles. The number of fused-ring (bicyclic) bond motifs is 1. The molecule has 1 unspecified atom stereocenters. The van der Waals surface area contributed by atoms with Crippen molar-refractivity contribution >= 4 is 16.7 Å². The third kappa shape index (κ3) is 2.24. The van der Waals surface area contributed by atoms with Gasteiger partial charge in [-0.25, -0.2) is 4.98 Å². The molecule has 0 spiro atoms. The number of aromatic nitrogens is 2. The number of nitrogens with zero attached hydrogens (tertiary/aromatic N) is 3. The van der Waals surface area contributed by atoms with Gasteiger partial charge in [-0.1, -0.05) is 31.2 Å². The van der Waals surface area contributed by atoms with Crippen LogP contribution in [0.4, 0.5) is 5.13 Å². The lowest BCUT2D eigenvalue weighted by atomic mass is 9.93. The summed E-state index contributed by atoms with van der Waals surface area (Å²) in [6.45, 7) is 3.66. The summed E-state index contributed by atoms with van der Waals surface area (Å²) in [6.07, 6.45) is 1.93. The highest BCUT2D eigenvalue weighted by molar-refractivity contribution is 7.09. The molecule has 0 radical (unpaired) electrons. The Morgan fingerprint density at radius 3 is 3.00 bits per heavy atom. The van der Waals surface area contributed by atoms with Crippen molar-refractivity contribution in [1.29, 1.82) is 0 Å². The molecule has 1 aromatic heterocycles. The third-order valence-electron chi connectivity index (χ3n) is 3.65. The van der Waals surface area contributed by atoms with E-state index in [1.807, 2.05) is 0 Å². The lowest BCUT2D eigenvalue weighted by molar-refractivity contribution is 0.588. The zero-order valence-electron chi connectivity index (χ0n) is 11.0. The predicted octanol–water partition coefficient (Wildman–Crippen LogP) is 2.16. The smallest absolute Gasteiger partial charge is 0.205 e. The number of hydrogen-bond acceptors (Lipinski definition) is 5. The molecule has 0 amide bonds. The summed E-state index contributed by atoms with van der Waals surface area (Å²) in [5.74, 6) is 0.926. The molecule has 0 saturated carbocycles. The minimum atomic E-state index is 0.225. The second-order valence-corrected chi connectivity index (χ2v) is 5.47. The van der Waals surface area contributed by atoms with E-state index in [2.05, 4.69) is 45.4 Å². The lowest BCUT2D eigenvalue weighted by Gasteiger charge is -2.36. The Morgan fingerprint density at radius 1 is 1.42 bits per heavy atom. The molecule has 19 heavy (non-hydrogen) atoms. The summed E-state index contributed by atoms with van der Waals surface area (Å²) < 4.78 is 4.38. The summed E-state index contributed by atoms with van der Waals surface area (Å²) in [4.78, 5) is 6.91. The van der Waals surface area contributed by atoms with Gasteiger partial charge in [-0.3, -0.25) is 0 Å². The highest BCUT2D eigenvalue weighted by Gasteiger charge is 2.28. The molecule has 0 saturated heterocycles. The fourth-order valence-electron chi connectivity index (χ4n) is 2.64. The normalized spacial score (nSPS) is 18.4. The molecule has 0 bridgehead atoms. The molecular weight excluding hydrogens is 256 g/mol. The topological polar surface area (TPSA) is 55.0 Å². The maximum Gasteiger partial charge on any atom is 0.205 e. The summed E-state index contributed by atoms with van der Waals surface area (Å²) in [5.41, 5.74) is 8.75. The highest BCUT2D eigenvalue weighted by atomic mass is 32.1. The molecular formula is C14H18N4S. The lowest BCUT2D eigenvalue weighted by Crippen LogP contribution is -2.39. The van der Waals surface area contributed by atoms with Crippen LogP contribution >= 0.6 is 11.5 Å². The van der Waals surface area contributed by atoms with Crippen LogP contribution in [0.15, 0.2) is 24.3 Å². The fraction of sp³-hybridized carbons (Fsp3) is 0.429. The van der Waals surface area contributed by atoms with E-state index in [4.69, 9.17) is 5.73 Å². The standard InChI is InChI=1S/C14H18N4S/c1-2-13-16-14(19-17-13)18-8-7-10-5-3-4-6-11(10)12(18)9-15/h3-6,12H,2,7-9,15H2,1H3. The average molecular weight is 274 g/mol. The monoisotopic (exact) mass is 274 g/mol. The SMILES string of the molecule is CCc1nsc(N2CCc3ccccc3C2CN)n1. The zero-order chi connectivity index (χ0) is 13.2. The van der Waals surface area contributed by atoms with Crippen molar-refractivity contribution < 1.29 is 0 Å². The number of benzene rings is 1. The van der Waals surface area contributed by atoms with E-state index >= 15 is 0 Å². The Balaban J connectivity index is 1.95. The van der Waals surface area contributed by atoms with Gasteiger partial charge in [0.15, 0.2) is 0 Å². The van der Waals surface area contributed by atoms with Crippen LogP contribution in [0, 0.1) is 0 Å². The maximum absolute atomic E-state index is 6.00. The second kappa shape index (κ2) is 5.27. The van der Waals surface area contributed by atoms with E-state index in [-0.39, 0.29) is 6.04 Å². The minimum absolute atomic E-state index is 0.225. The second-order valence-electron chi connectivity index (χ2n) is 4.74. The van der Waals surface area contributed by atoms with Crippen LogP contribution in [0.3, 0.4) is 0 Å². The first-order chi connectivity index (χ1) is 9.33. The van der Waals surface area contributed by atoms with Gasteiger partial charge in [-0.05, 0) is 17.5 Å². The van der Waals surface area contributed by atoms with E-state index in [9.17, 15) is 0 Å². The molecule has 2 aromatic rings. The number of anilines is 1. The summed E-state index contributed by atoms with van der Waals surface area (Å²) in [5, 5.41) is 1.00. The van der Waals surface area contributed by atoms with Crippen molar-refractivity contribution in [3.63, 3.8) is 0 Å². The van der Waals surface area contributed by atoms with Gasteiger partial charge in [0.05, 0.1) is 6.04 Å². The Labute approximate surface area is 117 Å². The van der Waals surface area contributed by atoms with Crippen LogP contribution in [-0.4, -0.2) is 22.4 Å². The van der Waals surface area contributed by atoms with E-state index in [1.54, 1.807) is 0 Å². The molecule has 1 aliphatic rings. The third-order valence-corrected chi connectivity index (χ3v) is 4.45. The van der Waals surface area contributed by atoms with Gasteiger partial charge in [0.2, 0.25) is 5.13 Å². The van der Waals surface area contributed by atoms with Gasteiger partial charge in [0.1, 0.15) is 5.82 Å². The van der Waals surface area contributed by atoms with Crippen LogP contribution in [0.1, 0.15) is 29.9 Å². The van der Waals surface area contributed by atoms with Crippen molar-refractivity contribution in [3.05, 3.63) is 41.2 Å². The van der Waals surface area contributed by atoms with Gasteiger partial charge < -0.3 is 10.6 Å². The van der Waals surface area contributed by atoms with Crippen molar-refractivity contribution in [1.82, 2.24) is 9.36 Å². The predicted molar refractivity (Wildman–Crippen MR) is 78.6 cm³/mol. The Morgan fingerprint density at radius 2 is 2.26 bits per heavy atom. The molecule has 1 aliphatic heterocycles. The zero-order valence-corrected chi connectivity index (χ0v) is 11.9. The first kappa shape index (κ1) is 12.6. The van der Waals surface area contributed by atoms with Crippen molar-refractivity contribution in [2.45, 2.75) is 25.8 Å². The Kier molecular flexibility index (Phi) is 3.48. The molecule has 2 N–H and O–H groups in total. The van der Waals surface area contributed by atoms with Crippen LogP contribution in [0.5, 0.6) is 0 Å². The molecule has 2 heterocycles. The van der Waals surface area contributed by atoms with Gasteiger partial charge in [0, 0.05) is 31.0 Å². The Hall–Kier alpha value is -1.46. The number of nitrogens with two attached hydrogens (primary N) is 1. The van der Waals surface area contributed by atoms with E-state index in [0.29, 0.717) is 6.54 Å². The van der Waals surface area contributed by atoms with Gasteiger partial charge in [0.25, 0.3) is 0 Å². The van der Waals surface area contributed by atoms with E-state index in [1.165, 1.54) is 22.7 Å². The number of aryl methyl sites for hydroxylation is 1. The average Bonchev–Trinajstić information content (AvgIpc) is 2.94. The first-order valence-corrected chi connectivity index (χ1v) is 7.48. The molecule has 4 nitrogen and oxygen atoms in total. The van der Waals surface area contributed by atoms with Crippen LogP contribution in [-0.2, 0) is 12.8 Å². The summed E-state index contributed by atoms with van der Waals surface area (Å²) in [6, 6.07) is 8.79. The van der Waals surface area contributed by atoms with E-state index < -0.39 is 0 Å². The van der Waals surface area contributed by atoms with Crippen molar-refractivity contribution in [2.24, 2.45) is 5.73 Å². The number of rotatable bonds is 3. The highest BCUT2D eigenvalue weighted by Crippen LogP contribution is 2.33. The van der Waals surface area contributed by atoms with E-state index in [0.717, 1.165) is 30.3 Å². The summed E-state index contributed by atoms with van der Waals surface area (Å²) >= 11 is 1.48. The maximum atomic E-state index is 6.00. The van der Waals surface area contributed by atoms with Crippen molar-refractivity contribution in [2.75, 3.05) is 18.0 Å². The van der Waals surface area contributed by atoms with Crippen LogP contribution in [0.2, 0.25) is 0 Å². The quantitative estimate of drug-likeness (QED) is 0.932. The molecule has 1 atom stereocenters. The van der Waals surface area contributed by atoms with Crippen molar-refractivity contribution in [3.8, 4) is 0 Å². The minimum Gasteiger partial charge on any atom is -0.338 e. The van der Waals surface area contributed by atoms with Gasteiger partial charge >= 0.3 is 0 Å². The number of hydrogen-bond donors (Lipinski definition) is 1. The molecule has 5 heteroatoms. The molecule has 1 aromatic carbocycles. The van der Waals surface area contributed by atoms with Crippen LogP contribution in [0.25, 0.3) is 0 Å². The van der Waals surface area contributed by atoms with Gasteiger partial charge in [-0.15, -0.1) is 0 Å². The Bertz CT molecular complexity index is 566. The van der Waals surface area contributed by atoms with Gasteiger partial charge in [-0.2, -0.15) is 4.37 Å². The first-order valence-electron chi connectivity index (χ1n) is 6.70. The van der Waals surface area contributed by atoms with Crippen LogP contribution < -0.4 is 10.6 Å². The largest absolute Gasteiger partial charge is 0.338 e. The fourth-order valence-corrected chi connectivity index (χ4v) is 3.47. The summed E-state index contributed by atoms with van der Waals surface area (Å²) in [7, 11) is 0. The molecule has 0 fully saturated rings. The molecule has 3 rings (SSSR count). The molecule has 100 valence electrons.